The minimum absolute atomic E-state index is 0.0164. The Kier molecular flexibility index (Phi) is 7.49. The molecule has 1 amide bonds. The van der Waals surface area contributed by atoms with Gasteiger partial charge in [-0.05, 0) is 51.7 Å². The molecule has 8 heteroatoms. The van der Waals surface area contributed by atoms with Crippen molar-refractivity contribution < 1.29 is 19.4 Å². The molecule has 1 aliphatic rings. The maximum absolute atomic E-state index is 13.1. The summed E-state index contributed by atoms with van der Waals surface area (Å²) in [4.78, 5) is 29.6. The predicted octanol–water partition coefficient (Wildman–Crippen LogP) is 4.68. The fraction of sp³-hybridized carbons (Fsp3) is 0.333. The number of halogens is 2. The van der Waals surface area contributed by atoms with Crippen molar-refractivity contribution in [3.63, 3.8) is 0 Å². The zero-order valence-electron chi connectivity index (χ0n) is 18.5. The van der Waals surface area contributed by atoms with Gasteiger partial charge in [0.05, 0.1) is 28.8 Å². The van der Waals surface area contributed by atoms with Crippen molar-refractivity contribution in [2.45, 2.75) is 19.4 Å². The Labute approximate surface area is 198 Å². The maximum atomic E-state index is 13.1. The molecular weight excluding hydrogens is 451 g/mol. The van der Waals surface area contributed by atoms with E-state index in [2.05, 4.69) is 0 Å². The van der Waals surface area contributed by atoms with Gasteiger partial charge in [-0.15, -0.1) is 0 Å². The van der Waals surface area contributed by atoms with E-state index in [1.807, 2.05) is 50.2 Å². The lowest BCUT2D eigenvalue weighted by Gasteiger charge is -2.26. The van der Waals surface area contributed by atoms with Crippen LogP contribution in [0.4, 0.5) is 0 Å². The molecule has 2 aromatic rings. The number of benzene rings is 2. The number of amides is 1. The van der Waals surface area contributed by atoms with Crippen molar-refractivity contribution in [3.8, 4) is 5.75 Å². The average Bonchev–Trinajstić information content (AvgIpc) is 2.97. The molecule has 2 aromatic carbocycles. The summed E-state index contributed by atoms with van der Waals surface area (Å²) in [6, 6.07) is 9.79. The number of carbonyl (C=O) groups is 2. The molecule has 170 valence electrons. The van der Waals surface area contributed by atoms with Gasteiger partial charge in [0.25, 0.3) is 11.7 Å². The summed E-state index contributed by atoms with van der Waals surface area (Å²) in [5.74, 6) is -1.43. The van der Waals surface area contributed by atoms with E-state index in [9.17, 15) is 14.7 Å². The van der Waals surface area contributed by atoms with Crippen LogP contribution in [-0.4, -0.2) is 60.9 Å². The third-order valence-electron chi connectivity index (χ3n) is 5.38. The Balaban J connectivity index is 2.15. The van der Waals surface area contributed by atoms with Gasteiger partial charge in [0.1, 0.15) is 5.76 Å². The molecule has 1 aliphatic heterocycles. The summed E-state index contributed by atoms with van der Waals surface area (Å²) in [7, 11) is 5.33. The fourth-order valence-electron chi connectivity index (χ4n) is 3.90. The molecule has 1 unspecified atom stereocenters. The standard InChI is InChI=1S/C24H26Cl2N2O4/c1-14-7-5-8-15(11-14)20-19(22(30)24(31)28(20)10-6-9-27(2)3)21(29)16-12-17(25)23(32-4)18(26)13-16/h5,7-8,11-13,20,29H,6,9-10H2,1-4H3/b21-19+. The van der Waals surface area contributed by atoms with Gasteiger partial charge in [-0.25, -0.2) is 0 Å². The van der Waals surface area contributed by atoms with Crippen molar-refractivity contribution in [1.29, 1.82) is 0 Å². The molecule has 0 aliphatic carbocycles. The van der Waals surface area contributed by atoms with Gasteiger partial charge < -0.3 is 19.6 Å². The topological polar surface area (TPSA) is 70.1 Å². The van der Waals surface area contributed by atoms with E-state index in [0.29, 0.717) is 13.0 Å². The Morgan fingerprint density at radius 3 is 2.38 bits per heavy atom. The molecule has 0 saturated carbocycles. The van der Waals surface area contributed by atoms with Crippen LogP contribution in [0.3, 0.4) is 0 Å². The largest absolute Gasteiger partial charge is 0.507 e. The van der Waals surface area contributed by atoms with Crippen LogP contribution in [0.5, 0.6) is 5.75 Å². The summed E-state index contributed by atoms with van der Waals surface area (Å²) in [5, 5.41) is 11.5. The fourth-order valence-corrected chi connectivity index (χ4v) is 4.54. The summed E-state index contributed by atoms with van der Waals surface area (Å²) in [6.45, 7) is 3.07. The third kappa shape index (κ3) is 4.77. The summed E-state index contributed by atoms with van der Waals surface area (Å²) in [5.41, 5.74) is 1.99. The van der Waals surface area contributed by atoms with Gasteiger partial charge in [0.2, 0.25) is 0 Å². The van der Waals surface area contributed by atoms with E-state index in [4.69, 9.17) is 27.9 Å². The number of aliphatic hydroxyl groups is 1. The Morgan fingerprint density at radius 1 is 1.16 bits per heavy atom. The van der Waals surface area contributed by atoms with E-state index >= 15 is 0 Å². The van der Waals surface area contributed by atoms with Crippen molar-refractivity contribution in [1.82, 2.24) is 9.80 Å². The van der Waals surface area contributed by atoms with Gasteiger partial charge in [-0.1, -0.05) is 53.0 Å². The van der Waals surface area contributed by atoms with Gasteiger partial charge in [-0.3, -0.25) is 9.59 Å². The molecule has 1 N–H and O–H groups in total. The third-order valence-corrected chi connectivity index (χ3v) is 5.94. The van der Waals surface area contributed by atoms with Gasteiger partial charge in [-0.2, -0.15) is 0 Å². The number of Topliss-reactive ketones (excluding diaryl/α,β-unsaturated/α-hetero) is 1. The first-order valence-corrected chi connectivity index (χ1v) is 10.9. The molecule has 1 fully saturated rings. The second-order valence-electron chi connectivity index (χ2n) is 8.04. The van der Waals surface area contributed by atoms with E-state index in [1.54, 1.807) is 0 Å². The highest BCUT2D eigenvalue weighted by molar-refractivity contribution is 6.46. The number of ketones is 1. The highest BCUT2D eigenvalue weighted by Gasteiger charge is 2.45. The van der Waals surface area contributed by atoms with Crippen molar-refractivity contribution in [2.24, 2.45) is 0 Å². The Bertz CT molecular complexity index is 1060. The molecule has 6 nitrogen and oxygen atoms in total. The summed E-state index contributed by atoms with van der Waals surface area (Å²) in [6.07, 6.45) is 0.683. The van der Waals surface area contributed by atoms with Crippen LogP contribution >= 0.6 is 23.2 Å². The SMILES string of the molecule is COc1c(Cl)cc(/C(O)=C2\C(=O)C(=O)N(CCCN(C)C)C2c2cccc(C)c2)cc1Cl. The van der Waals surface area contributed by atoms with E-state index in [0.717, 1.165) is 17.7 Å². The highest BCUT2D eigenvalue weighted by atomic mass is 35.5. The quantitative estimate of drug-likeness (QED) is 0.356. The molecule has 3 rings (SSSR count). The van der Waals surface area contributed by atoms with Crippen LogP contribution in [0.1, 0.15) is 29.2 Å². The smallest absolute Gasteiger partial charge is 0.295 e. The first kappa shape index (κ1) is 24.1. The van der Waals surface area contributed by atoms with E-state index < -0.39 is 17.7 Å². The number of rotatable bonds is 7. The van der Waals surface area contributed by atoms with Crippen LogP contribution in [0.2, 0.25) is 10.0 Å². The molecule has 1 saturated heterocycles. The monoisotopic (exact) mass is 476 g/mol. The zero-order valence-corrected chi connectivity index (χ0v) is 20.0. The normalized spacial score (nSPS) is 18.0. The minimum Gasteiger partial charge on any atom is -0.507 e. The Morgan fingerprint density at radius 2 is 1.81 bits per heavy atom. The molecule has 1 atom stereocenters. The van der Waals surface area contributed by atoms with Gasteiger partial charge >= 0.3 is 0 Å². The number of hydrogen-bond acceptors (Lipinski definition) is 5. The second-order valence-corrected chi connectivity index (χ2v) is 8.85. The van der Waals surface area contributed by atoms with E-state index in [1.165, 1.54) is 24.1 Å². The van der Waals surface area contributed by atoms with Gasteiger partial charge in [0, 0.05) is 12.1 Å². The number of nitrogens with zero attached hydrogens (tertiary/aromatic N) is 2. The molecule has 32 heavy (non-hydrogen) atoms. The number of aryl methyl sites for hydroxylation is 1. The van der Waals surface area contributed by atoms with Crippen molar-refractivity contribution >= 4 is 40.7 Å². The second kappa shape index (κ2) is 9.94. The van der Waals surface area contributed by atoms with Gasteiger partial charge in [0.15, 0.2) is 5.75 Å². The maximum Gasteiger partial charge on any atom is 0.295 e. The van der Waals surface area contributed by atoms with Crippen LogP contribution in [0, 0.1) is 6.92 Å². The molecule has 0 spiro atoms. The number of methoxy groups -OCH3 is 1. The number of ether oxygens (including phenoxy) is 1. The molecule has 0 bridgehead atoms. The van der Waals surface area contributed by atoms with E-state index in [-0.39, 0.29) is 32.7 Å². The first-order chi connectivity index (χ1) is 15.1. The molecule has 1 heterocycles. The molecule has 0 radical (unpaired) electrons. The van der Waals surface area contributed by atoms with Crippen molar-refractivity contribution in [2.75, 3.05) is 34.3 Å². The first-order valence-electron chi connectivity index (χ1n) is 10.2. The number of likely N-dealkylation sites (tertiary alicyclic amines) is 1. The van der Waals surface area contributed by atoms with Crippen LogP contribution in [0.15, 0.2) is 42.0 Å². The van der Waals surface area contributed by atoms with Crippen LogP contribution in [-0.2, 0) is 9.59 Å². The summed E-state index contributed by atoms with van der Waals surface area (Å²) >= 11 is 12.5. The number of aliphatic hydroxyl groups excluding tert-OH is 1. The lowest BCUT2D eigenvalue weighted by Crippen LogP contribution is -2.32. The number of carbonyl (C=O) groups excluding carboxylic acids is 2. The lowest BCUT2D eigenvalue weighted by molar-refractivity contribution is -0.139. The average molecular weight is 477 g/mol. The molecular formula is C24H26Cl2N2O4. The van der Waals surface area contributed by atoms with Crippen LogP contribution in [0.25, 0.3) is 5.76 Å². The zero-order chi connectivity index (χ0) is 23.6. The lowest BCUT2D eigenvalue weighted by atomic mass is 9.94. The predicted molar refractivity (Wildman–Crippen MR) is 126 cm³/mol. The number of hydrogen-bond donors (Lipinski definition) is 1. The Hall–Kier alpha value is -2.54. The summed E-state index contributed by atoms with van der Waals surface area (Å²) < 4.78 is 5.16. The minimum atomic E-state index is -0.734. The molecule has 0 aromatic heterocycles. The van der Waals surface area contributed by atoms with Crippen molar-refractivity contribution in [3.05, 3.63) is 68.7 Å². The van der Waals surface area contributed by atoms with Crippen LogP contribution < -0.4 is 4.74 Å². The highest BCUT2D eigenvalue weighted by Crippen LogP contribution is 2.42.